The highest BCUT2D eigenvalue weighted by molar-refractivity contribution is 5.64. The van der Waals surface area contributed by atoms with Crippen LogP contribution in [0.5, 0.6) is 11.5 Å². The number of fused-ring (bicyclic) bond motifs is 1. The maximum Gasteiger partial charge on any atom is 0.127 e. The van der Waals surface area contributed by atoms with E-state index in [1.165, 1.54) is 0 Å². The van der Waals surface area contributed by atoms with Crippen LogP contribution in [0.1, 0.15) is 35.6 Å². The van der Waals surface area contributed by atoms with Crippen molar-refractivity contribution in [2.45, 2.75) is 31.7 Å². The van der Waals surface area contributed by atoms with Crippen LogP contribution in [0.3, 0.4) is 0 Å². The summed E-state index contributed by atoms with van der Waals surface area (Å²) >= 11 is 0. The molecule has 1 unspecified atom stereocenters. The number of methoxy groups -OCH3 is 2. The highest BCUT2D eigenvalue weighted by Crippen LogP contribution is 2.30. The van der Waals surface area contributed by atoms with Crippen LogP contribution in [0.2, 0.25) is 0 Å². The molecule has 1 aliphatic rings. The van der Waals surface area contributed by atoms with E-state index in [4.69, 9.17) is 9.47 Å². The highest BCUT2D eigenvalue weighted by Gasteiger charge is 2.20. The van der Waals surface area contributed by atoms with Gasteiger partial charge in [-0.25, -0.2) is 4.98 Å². The van der Waals surface area contributed by atoms with E-state index in [0.29, 0.717) is 6.54 Å². The van der Waals surface area contributed by atoms with Crippen molar-refractivity contribution in [2.24, 2.45) is 0 Å². The summed E-state index contributed by atoms with van der Waals surface area (Å²) < 4.78 is 10.6. The summed E-state index contributed by atoms with van der Waals surface area (Å²) in [5.41, 5.74) is 3.16. The topological polar surface area (TPSA) is 60.5 Å². The van der Waals surface area contributed by atoms with E-state index in [1.807, 2.05) is 30.3 Å². The third-order valence-electron chi connectivity index (χ3n) is 4.39. The van der Waals surface area contributed by atoms with Crippen molar-refractivity contribution >= 4 is 12.1 Å². The Morgan fingerprint density at radius 2 is 1.96 bits per heavy atom. The van der Waals surface area contributed by atoms with Gasteiger partial charge in [-0.2, -0.15) is 0 Å². The fourth-order valence-electron chi connectivity index (χ4n) is 3.10. The smallest absolute Gasteiger partial charge is 0.127 e. The lowest BCUT2D eigenvalue weighted by molar-refractivity contribution is -0.109. The monoisotopic (exact) mass is 326 g/mol. The SMILES string of the molecule is COc1cc(CNc2ccc3c(n2)CCCC3C=O)cc(OC)c1. The second-order valence-electron chi connectivity index (χ2n) is 5.94. The average molecular weight is 326 g/mol. The fraction of sp³-hybridized carbons (Fsp3) is 0.368. The Morgan fingerprint density at radius 1 is 1.21 bits per heavy atom. The zero-order chi connectivity index (χ0) is 16.9. The zero-order valence-corrected chi connectivity index (χ0v) is 14.0. The average Bonchev–Trinajstić information content (AvgIpc) is 2.65. The number of rotatable bonds is 6. The first-order valence-corrected chi connectivity index (χ1v) is 8.14. The fourth-order valence-corrected chi connectivity index (χ4v) is 3.10. The summed E-state index contributed by atoms with van der Waals surface area (Å²) in [6.45, 7) is 0.621. The molecule has 5 heteroatoms. The van der Waals surface area contributed by atoms with E-state index < -0.39 is 0 Å². The number of aldehydes is 1. The van der Waals surface area contributed by atoms with Gasteiger partial charge < -0.3 is 19.6 Å². The summed E-state index contributed by atoms with van der Waals surface area (Å²) in [5, 5.41) is 3.34. The minimum Gasteiger partial charge on any atom is -0.497 e. The van der Waals surface area contributed by atoms with Crippen LogP contribution in [0, 0.1) is 0 Å². The molecule has 1 aromatic carbocycles. The number of aryl methyl sites for hydroxylation is 1. The first kappa shape index (κ1) is 16.3. The van der Waals surface area contributed by atoms with Gasteiger partial charge >= 0.3 is 0 Å². The molecule has 0 bridgehead atoms. The molecule has 126 valence electrons. The van der Waals surface area contributed by atoms with Gasteiger partial charge in [0.2, 0.25) is 0 Å². The van der Waals surface area contributed by atoms with Crippen molar-refractivity contribution in [3.8, 4) is 11.5 Å². The van der Waals surface area contributed by atoms with Crippen LogP contribution < -0.4 is 14.8 Å². The summed E-state index contributed by atoms with van der Waals surface area (Å²) in [4.78, 5) is 15.9. The molecule has 0 fully saturated rings. The lowest BCUT2D eigenvalue weighted by Gasteiger charge is -2.21. The van der Waals surface area contributed by atoms with E-state index >= 15 is 0 Å². The van der Waals surface area contributed by atoms with Crippen molar-refractivity contribution in [1.82, 2.24) is 4.98 Å². The summed E-state index contributed by atoms with van der Waals surface area (Å²) in [6, 6.07) is 9.75. The van der Waals surface area contributed by atoms with Gasteiger partial charge in [-0.3, -0.25) is 0 Å². The molecule has 0 amide bonds. The van der Waals surface area contributed by atoms with Crippen molar-refractivity contribution in [3.63, 3.8) is 0 Å². The third kappa shape index (κ3) is 3.50. The highest BCUT2D eigenvalue weighted by atomic mass is 16.5. The molecule has 1 aromatic heterocycles. The van der Waals surface area contributed by atoms with Crippen molar-refractivity contribution in [2.75, 3.05) is 19.5 Å². The maximum atomic E-state index is 11.2. The van der Waals surface area contributed by atoms with Crippen LogP contribution in [-0.4, -0.2) is 25.5 Å². The molecule has 1 aliphatic carbocycles. The predicted octanol–water partition coefficient (Wildman–Crippen LogP) is 3.33. The Kier molecular flexibility index (Phi) is 4.99. The lowest BCUT2D eigenvalue weighted by Crippen LogP contribution is -2.13. The van der Waals surface area contributed by atoms with Gasteiger partial charge in [-0.05, 0) is 48.6 Å². The molecular formula is C19H22N2O3. The number of hydrogen-bond acceptors (Lipinski definition) is 5. The van der Waals surface area contributed by atoms with Gasteiger partial charge in [0, 0.05) is 24.2 Å². The van der Waals surface area contributed by atoms with Crippen molar-refractivity contribution < 1.29 is 14.3 Å². The van der Waals surface area contributed by atoms with Crippen molar-refractivity contribution in [3.05, 3.63) is 47.2 Å². The van der Waals surface area contributed by atoms with Crippen LogP contribution in [0.4, 0.5) is 5.82 Å². The predicted molar refractivity (Wildman–Crippen MR) is 92.9 cm³/mol. The van der Waals surface area contributed by atoms with Gasteiger partial charge in [0.05, 0.1) is 14.2 Å². The number of aromatic nitrogens is 1. The normalized spacial score (nSPS) is 16.2. The first-order chi connectivity index (χ1) is 11.7. The quantitative estimate of drug-likeness (QED) is 0.825. The van der Waals surface area contributed by atoms with E-state index in [1.54, 1.807) is 14.2 Å². The number of nitrogens with one attached hydrogen (secondary N) is 1. The summed E-state index contributed by atoms with van der Waals surface area (Å²) in [7, 11) is 3.28. The van der Waals surface area contributed by atoms with Crippen molar-refractivity contribution in [1.29, 1.82) is 0 Å². The lowest BCUT2D eigenvalue weighted by atomic mass is 9.87. The van der Waals surface area contributed by atoms with Crippen LogP contribution >= 0.6 is 0 Å². The Bertz CT molecular complexity index is 708. The molecule has 24 heavy (non-hydrogen) atoms. The van der Waals surface area contributed by atoms with Gasteiger partial charge in [-0.1, -0.05) is 6.07 Å². The number of nitrogens with zero attached hydrogens (tertiary/aromatic N) is 1. The molecule has 1 heterocycles. The number of carbonyl (C=O) groups is 1. The van der Waals surface area contributed by atoms with Crippen LogP contribution in [0.25, 0.3) is 0 Å². The Labute approximate surface area is 142 Å². The molecule has 0 saturated heterocycles. The van der Waals surface area contributed by atoms with Crippen LogP contribution in [-0.2, 0) is 17.8 Å². The molecule has 0 spiro atoms. The molecule has 5 nitrogen and oxygen atoms in total. The molecule has 0 radical (unpaired) electrons. The standard InChI is InChI=1S/C19H22N2O3/c1-23-15-8-13(9-16(10-15)24-2)11-20-19-7-6-17-14(12-22)4-3-5-18(17)21-19/h6-10,12,14H,3-5,11H2,1-2H3,(H,20,21). The second-order valence-corrected chi connectivity index (χ2v) is 5.94. The first-order valence-electron chi connectivity index (χ1n) is 8.14. The van der Waals surface area contributed by atoms with Gasteiger partial charge in [-0.15, -0.1) is 0 Å². The summed E-state index contributed by atoms with van der Waals surface area (Å²) in [6.07, 6.45) is 3.91. The third-order valence-corrected chi connectivity index (χ3v) is 4.39. The second kappa shape index (κ2) is 7.34. The molecule has 0 aliphatic heterocycles. The maximum absolute atomic E-state index is 11.2. The Balaban J connectivity index is 1.74. The Morgan fingerprint density at radius 3 is 2.62 bits per heavy atom. The zero-order valence-electron chi connectivity index (χ0n) is 14.0. The molecule has 2 aromatic rings. The number of ether oxygens (including phenoxy) is 2. The number of anilines is 1. The largest absolute Gasteiger partial charge is 0.497 e. The molecule has 1 atom stereocenters. The van der Waals surface area contributed by atoms with E-state index in [-0.39, 0.29) is 5.92 Å². The molecular weight excluding hydrogens is 304 g/mol. The number of benzene rings is 1. The number of pyridine rings is 1. The molecule has 0 saturated carbocycles. The van der Waals surface area contributed by atoms with E-state index in [2.05, 4.69) is 10.3 Å². The summed E-state index contributed by atoms with van der Waals surface area (Å²) in [5.74, 6) is 2.34. The van der Waals surface area contributed by atoms with Gasteiger partial charge in [0.25, 0.3) is 0 Å². The van der Waals surface area contributed by atoms with Gasteiger partial charge in [0.15, 0.2) is 0 Å². The van der Waals surface area contributed by atoms with Gasteiger partial charge in [0.1, 0.15) is 23.6 Å². The van der Waals surface area contributed by atoms with Crippen LogP contribution in [0.15, 0.2) is 30.3 Å². The number of hydrogen-bond donors (Lipinski definition) is 1. The number of carbonyl (C=O) groups excluding carboxylic acids is 1. The molecule has 3 rings (SSSR count). The van der Waals surface area contributed by atoms with E-state index in [9.17, 15) is 4.79 Å². The molecule has 1 N–H and O–H groups in total. The Hall–Kier alpha value is -2.56. The van der Waals surface area contributed by atoms with E-state index in [0.717, 1.165) is 59.7 Å². The minimum absolute atomic E-state index is 0.00190. The minimum atomic E-state index is -0.00190.